The molecule has 3 nitrogen and oxygen atoms in total. The van der Waals surface area contributed by atoms with Crippen molar-refractivity contribution < 1.29 is 4.79 Å². The molecule has 118 valence electrons. The topological polar surface area (TPSA) is 55.1 Å². The average Bonchev–Trinajstić information content (AvgIpc) is 2.36. The summed E-state index contributed by atoms with van der Waals surface area (Å²) in [5, 5.41) is 3.15. The first-order chi connectivity index (χ1) is 8.93. The summed E-state index contributed by atoms with van der Waals surface area (Å²) in [6.07, 6.45) is 7.84. The molecule has 2 saturated carbocycles. The van der Waals surface area contributed by atoms with Crippen LogP contribution in [-0.4, -0.2) is 29.5 Å². The number of nitrogens with two attached hydrogens (primary N) is 1. The second-order valence-corrected chi connectivity index (χ2v) is 8.39. The Morgan fingerprint density at radius 3 is 2.35 bits per heavy atom. The molecule has 2 aliphatic rings. The molecule has 2 rings (SSSR count). The van der Waals surface area contributed by atoms with E-state index in [0.29, 0.717) is 17.9 Å². The lowest BCUT2D eigenvalue weighted by Crippen LogP contribution is -2.50. The van der Waals surface area contributed by atoms with Crippen molar-refractivity contribution >= 4 is 30.1 Å². The number of hydrogen-bond acceptors (Lipinski definition) is 3. The van der Waals surface area contributed by atoms with Gasteiger partial charge in [0.1, 0.15) is 0 Å². The predicted octanol–water partition coefficient (Wildman–Crippen LogP) is 2.82. The number of fused-ring (bicyclic) bond motifs is 2. The van der Waals surface area contributed by atoms with Crippen LogP contribution in [-0.2, 0) is 4.79 Å². The second kappa shape index (κ2) is 7.37. The van der Waals surface area contributed by atoms with Gasteiger partial charge in [-0.1, -0.05) is 6.42 Å². The maximum atomic E-state index is 12.3. The number of rotatable bonds is 4. The van der Waals surface area contributed by atoms with Crippen LogP contribution in [0.4, 0.5) is 0 Å². The van der Waals surface area contributed by atoms with E-state index in [1.807, 2.05) is 0 Å². The number of nitrogens with one attached hydrogen (secondary N) is 1. The lowest BCUT2D eigenvalue weighted by Gasteiger charge is -2.43. The summed E-state index contributed by atoms with van der Waals surface area (Å²) in [6, 6.07) is 0.348. The SMILES string of the molecule is CSC(C)(C)CNC(=O)C1CC2CCCC(C1)C2N.Cl. The lowest BCUT2D eigenvalue weighted by molar-refractivity contribution is -0.128. The molecule has 0 spiro atoms. The van der Waals surface area contributed by atoms with Gasteiger partial charge in [0, 0.05) is 23.3 Å². The predicted molar refractivity (Wildman–Crippen MR) is 89.4 cm³/mol. The highest BCUT2D eigenvalue weighted by atomic mass is 35.5. The molecule has 0 aromatic heterocycles. The average molecular weight is 321 g/mol. The molecule has 20 heavy (non-hydrogen) atoms. The summed E-state index contributed by atoms with van der Waals surface area (Å²) < 4.78 is 0.122. The van der Waals surface area contributed by atoms with Crippen molar-refractivity contribution in [2.75, 3.05) is 12.8 Å². The molecule has 2 fully saturated rings. The fraction of sp³-hybridized carbons (Fsp3) is 0.933. The number of carbonyl (C=O) groups excluding carboxylic acids is 1. The minimum absolute atomic E-state index is 0. The van der Waals surface area contributed by atoms with E-state index >= 15 is 0 Å². The van der Waals surface area contributed by atoms with Crippen LogP contribution in [0.2, 0.25) is 0 Å². The van der Waals surface area contributed by atoms with Crippen LogP contribution in [0.15, 0.2) is 0 Å². The lowest BCUT2D eigenvalue weighted by atomic mass is 9.65. The summed E-state index contributed by atoms with van der Waals surface area (Å²) in [5.41, 5.74) is 6.28. The van der Waals surface area contributed by atoms with Gasteiger partial charge in [0.05, 0.1) is 0 Å². The Kier molecular flexibility index (Phi) is 6.68. The molecule has 2 unspecified atom stereocenters. The quantitative estimate of drug-likeness (QED) is 0.837. The highest BCUT2D eigenvalue weighted by molar-refractivity contribution is 7.99. The summed E-state index contributed by atoms with van der Waals surface area (Å²) in [5.74, 6) is 1.62. The Labute approximate surface area is 133 Å². The summed E-state index contributed by atoms with van der Waals surface area (Å²) in [4.78, 5) is 12.3. The largest absolute Gasteiger partial charge is 0.354 e. The van der Waals surface area contributed by atoms with Crippen LogP contribution in [0, 0.1) is 17.8 Å². The normalized spacial score (nSPS) is 33.2. The molecule has 0 aromatic rings. The standard InChI is InChI=1S/C15H28N2OS.ClH/c1-15(2,19-3)9-17-14(18)12-7-10-5-4-6-11(8-12)13(10)16;/h10-13H,4-9,16H2,1-3H3,(H,17,18);1H. The van der Waals surface area contributed by atoms with E-state index in [1.165, 1.54) is 19.3 Å². The number of amides is 1. The Morgan fingerprint density at radius 1 is 1.30 bits per heavy atom. The molecule has 0 radical (unpaired) electrons. The summed E-state index contributed by atoms with van der Waals surface area (Å²) >= 11 is 1.80. The molecule has 0 aromatic carbocycles. The third-order valence-electron chi connectivity index (χ3n) is 5.02. The van der Waals surface area contributed by atoms with Gasteiger partial charge in [-0.3, -0.25) is 4.79 Å². The van der Waals surface area contributed by atoms with Crippen molar-refractivity contribution in [3.8, 4) is 0 Å². The molecule has 3 N–H and O–H groups in total. The van der Waals surface area contributed by atoms with Crippen molar-refractivity contribution in [1.29, 1.82) is 0 Å². The molecule has 5 heteroatoms. The zero-order valence-corrected chi connectivity index (χ0v) is 14.5. The first kappa shape index (κ1) is 18.1. The molecule has 0 aliphatic heterocycles. The monoisotopic (exact) mass is 320 g/mol. The molecule has 0 saturated heterocycles. The van der Waals surface area contributed by atoms with E-state index < -0.39 is 0 Å². The molecule has 2 aliphatic carbocycles. The number of halogens is 1. The summed E-state index contributed by atoms with van der Waals surface area (Å²) in [7, 11) is 0. The summed E-state index contributed by atoms with van der Waals surface area (Å²) in [6.45, 7) is 5.10. The van der Waals surface area contributed by atoms with E-state index in [2.05, 4.69) is 25.4 Å². The Balaban J connectivity index is 0.00000200. The van der Waals surface area contributed by atoms with Crippen LogP contribution < -0.4 is 11.1 Å². The molecular formula is C15H29ClN2OS. The highest BCUT2D eigenvalue weighted by Gasteiger charge is 2.40. The van der Waals surface area contributed by atoms with Gasteiger partial charge in [0.25, 0.3) is 0 Å². The smallest absolute Gasteiger partial charge is 0.223 e. The van der Waals surface area contributed by atoms with Crippen LogP contribution in [0.25, 0.3) is 0 Å². The van der Waals surface area contributed by atoms with Gasteiger partial charge >= 0.3 is 0 Å². The van der Waals surface area contributed by atoms with E-state index in [4.69, 9.17) is 5.73 Å². The Hall–Kier alpha value is 0.0700. The van der Waals surface area contributed by atoms with Crippen molar-refractivity contribution in [3.63, 3.8) is 0 Å². The minimum Gasteiger partial charge on any atom is -0.354 e. The molecule has 0 heterocycles. The van der Waals surface area contributed by atoms with Gasteiger partial charge in [-0.05, 0) is 57.6 Å². The van der Waals surface area contributed by atoms with Crippen LogP contribution in [0.1, 0.15) is 46.0 Å². The fourth-order valence-corrected chi connectivity index (χ4v) is 3.74. The number of carbonyl (C=O) groups is 1. The van der Waals surface area contributed by atoms with E-state index in [0.717, 1.165) is 19.4 Å². The van der Waals surface area contributed by atoms with E-state index in [1.54, 1.807) is 11.8 Å². The van der Waals surface area contributed by atoms with Crippen molar-refractivity contribution in [2.24, 2.45) is 23.5 Å². The zero-order valence-electron chi connectivity index (χ0n) is 12.9. The van der Waals surface area contributed by atoms with Gasteiger partial charge in [-0.15, -0.1) is 12.4 Å². The maximum absolute atomic E-state index is 12.3. The Morgan fingerprint density at radius 2 is 1.85 bits per heavy atom. The zero-order chi connectivity index (χ0) is 14.0. The third kappa shape index (κ3) is 4.28. The van der Waals surface area contributed by atoms with Crippen molar-refractivity contribution in [3.05, 3.63) is 0 Å². The highest BCUT2D eigenvalue weighted by Crippen LogP contribution is 2.41. The fourth-order valence-electron chi connectivity index (χ4n) is 3.52. The van der Waals surface area contributed by atoms with Gasteiger partial charge in [-0.25, -0.2) is 0 Å². The third-order valence-corrected chi connectivity index (χ3v) is 6.27. The first-order valence-electron chi connectivity index (χ1n) is 7.51. The molecule has 2 bridgehead atoms. The number of hydrogen-bond donors (Lipinski definition) is 2. The van der Waals surface area contributed by atoms with Crippen LogP contribution in [0.5, 0.6) is 0 Å². The first-order valence-corrected chi connectivity index (χ1v) is 8.74. The van der Waals surface area contributed by atoms with Gasteiger partial charge < -0.3 is 11.1 Å². The van der Waals surface area contributed by atoms with Gasteiger partial charge in [0.15, 0.2) is 0 Å². The van der Waals surface area contributed by atoms with E-state index in [-0.39, 0.29) is 29.0 Å². The second-order valence-electron chi connectivity index (χ2n) is 6.88. The molecule has 2 atom stereocenters. The molecule has 1 amide bonds. The van der Waals surface area contributed by atoms with E-state index in [9.17, 15) is 4.79 Å². The van der Waals surface area contributed by atoms with Crippen molar-refractivity contribution in [2.45, 2.75) is 56.7 Å². The minimum atomic E-state index is 0. The van der Waals surface area contributed by atoms with Crippen LogP contribution in [0.3, 0.4) is 0 Å². The van der Waals surface area contributed by atoms with Gasteiger partial charge in [-0.2, -0.15) is 11.8 Å². The maximum Gasteiger partial charge on any atom is 0.223 e. The Bertz CT molecular complexity index is 324. The number of thioether (sulfide) groups is 1. The van der Waals surface area contributed by atoms with Crippen molar-refractivity contribution in [1.82, 2.24) is 5.32 Å². The molecular weight excluding hydrogens is 292 g/mol. The van der Waals surface area contributed by atoms with Crippen LogP contribution >= 0.6 is 24.2 Å². The van der Waals surface area contributed by atoms with Gasteiger partial charge in [0.2, 0.25) is 5.91 Å².